The van der Waals surface area contributed by atoms with E-state index in [9.17, 15) is 4.79 Å². The second kappa shape index (κ2) is 5.35. The number of hydrogen-bond donors (Lipinski definition) is 1. The molecule has 0 aliphatic carbocycles. The molecule has 0 bridgehead atoms. The number of aromatic nitrogens is 4. The lowest BCUT2D eigenvalue weighted by atomic mass is 10.2. The van der Waals surface area contributed by atoms with E-state index in [1.807, 2.05) is 43.6 Å². The minimum atomic E-state index is -0.299. The fraction of sp³-hybridized carbons (Fsp3) is 0.250. The first kappa shape index (κ1) is 13.7. The number of rotatable bonds is 3. The molecule has 1 atom stereocenters. The van der Waals surface area contributed by atoms with Crippen molar-refractivity contribution in [2.24, 2.45) is 7.05 Å². The molecule has 0 radical (unpaired) electrons. The topological polar surface area (TPSA) is 75.9 Å². The lowest BCUT2D eigenvalue weighted by Crippen LogP contribution is -2.34. The molecule has 3 aromatic rings. The van der Waals surface area contributed by atoms with Crippen molar-refractivity contribution in [3.8, 4) is 0 Å². The molecule has 1 unspecified atom stereocenters. The van der Waals surface area contributed by atoms with Gasteiger partial charge < -0.3 is 5.32 Å². The van der Waals surface area contributed by atoms with Crippen LogP contribution in [-0.2, 0) is 11.8 Å². The van der Waals surface area contributed by atoms with E-state index in [0.717, 1.165) is 11.0 Å². The molecule has 1 amide bonds. The summed E-state index contributed by atoms with van der Waals surface area (Å²) in [5.41, 5.74) is 1.65. The molecule has 7 heteroatoms. The molecule has 1 aliphatic heterocycles. The molecule has 23 heavy (non-hydrogen) atoms. The van der Waals surface area contributed by atoms with Crippen LogP contribution in [0.25, 0.3) is 11.0 Å². The Morgan fingerprint density at radius 3 is 2.83 bits per heavy atom. The monoisotopic (exact) mass is 308 g/mol. The average Bonchev–Trinajstić information content (AvgIpc) is 3.14. The van der Waals surface area contributed by atoms with Gasteiger partial charge in [0.05, 0.1) is 17.2 Å². The maximum atomic E-state index is 12.5. The highest BCUT2D eigenvalue weighted by atomic mass is 16.2. The summed E-state index contributed by atoms with van der Waals surface area (Å²) in [5, 5.41) is 7.48. The highest BCUT2D eigenvalue weighted by Crippen LogP contribution is 2.22. The number of carbonyl (C=O) groups is 1. The van der Waals surface area contributed by atoms with Crippen molar-refractivity contribution in [3.05, 3.63) is 42.7 Å². The van der Waals surface area contributed by atoms with E-state index in [0.29, 0.717) is 24.6 Å². The predicted molar refractivity (Wildman–Crippen MR) is 87.1 cm³/mol. The van der Waals surface area contributed by atoms with Gasteiger partial charge in [0, 0.05) is 25.9 Å². The predicted octanol–water partition coefficient (Wildman–Crippen LogP) is 1.58. The van der Waals surface area contributed by atoms with Crippen molar-refractivity contribution < 1.29 is 4.79 Å². The zero-order valence-corrected chi connectivity index (χ0v) is 12.7. The number of hydrogen-bond acceptors (Lipinski definition) is 5. The zero-order chi connectivity index (χ0) is 15.8. The highest BCUT2D eigenvalue weighted by molar-refractivity contribution is 6.00. The Morgan fingerprint density at radius 1 is 1.22 bits per heavy atom. The summed E-state index contributed by atoms with van der Waals surface area (Å²) >= 11 is 0. The van der Waals surface area contributed by atoms with Gasteiger partial charge in [-0.1, -0.05) is 12.1 Å². The third-order valence-electron chi connectivity index (χ3n) is 3.95. The summed E-state index contributed by atoms with van der Waals surface area (Å²) in [6.07, 6.45) is 4.21. The maximum Gasteiger partial charge on any atom is 0.250 e. The fourth-order valence-electron chi connectivity index (χ4n) is 2.79. The van der Waals surface area contributed by atoms with E-state index in [2.05, 4.69) is 20.4 Å². The number of benzene rings is 1. The van der Waals surface area contributed by atoms with Crippen molar-refractivity contribution in [2.45, 2.75) is 12.5 Å². The van der Waals surface area contributed by atoms with Gasteiger partial charge in [0.2, 0.25) is 0 Å². The van der Waals surface area contributed by atoms with Gasteiger partial charge in [-0.2, -0.15) is 5.10 Å². The summed E-state index contributed by atoms with van der Waals surface area (Å²) in [4.78, 5) is 23.1. The van der Waals surface area contributed by atoms with Crippen LogP contribution < -0.4 is 10.2 Å². The quantitative estimate of drug-likeness (QED) is 0.795. The molecule has 1 N–H and O–H groups in total. The number of fused-ring (bicyclic) bond motifs is 1. The van der Waals surface area contributed by atoms with Crippen LogP contribution in [0.4, 0.5) is 11.6 Å². The van der Waals surface area contributed by atoms with E-state index in [1.165, 1.54) is 0 Å². The van der Waals surface area contributed by atoms with Crippen LogP contribution in [0.2, 0.25) is 0 Å². The second-order valence-electron chi connectivity index (χ2n) is 5.57. The Morgan fingerprint density at radius 2 is 2.04 bits per heavy atom. The van der Waals surface area contributed by atoms with E-state index < -0.39 is 0 Å². The number of aryl methyl sites for hydroxylation is 1. The van der Waals surface area contributed by atoms with E-state index >= 15 is 0 Å². The molecule has 0 spiro atoms. The van der Waals surface area contributed by atoms with Crippen LogP contribution in [-0.4, -0.2) is 38.2 Å². The molecular weight excluding hydrogens is 292 g/mol. The van der Waals surface area contributed by atoms with Crippen molar-refractivity contribution in [2.75, 3.05) is 16.8 Å². The Hall–Kier alpha value is -2.96. The number of nitrogens with one attached hydrogen (secondary N) is 1. The van der Waals surface area contributed by atoms with Crippen LogP contribution in [0, 0.1) is 0 Å². The number of amides is 1. The standard InChI is InChI=1S/C16H16N6O/c1-21-8-7-15(20-21)22-9-6-13(16(22)23)19-14-10-17-11-4-2-3-5-12(11)18-14/h2-5,7-8,10,13H,6,9H2,1H3,(H,18,19). The lowest BCUT2D eigenvalue weighted by molar-refractivity contribution is -0.117. The van der Waals surface area contributed by atoms with Gasteiger partial charge in [0.1, 0.15) is 11.9 Å². The Kier molecular flexibility index (Phi) is 3.18. The smallest absolute Gasteiger partial charge is 0.250 e. The third-order valence-corrected chi connectivity index (χ3v) is 3.95. The van der Waals surface area contributed by atoms with E-state index in [4.69, 9.17) is 0 Å². The Labute approximate surface area is 133 Å². The third kappa shape index (κ3) is 2.50. The van der Waals surface area contributed by atoms with Gasteiger partial charge >= 0.3 is 0 Å². The van der Waals surface area contributed by atoms with Crippen molar-refractivity contribution in [1.82, 2.24) is 19.7 Å². The summed E-state index contributed by atoms with van der Waals surface area (Å²) in [7, 11) is 1.84. The van der Waals surface area contributed by atoms with E-state index in [1.54, 1.807) is 15.8 Å². The minimum Gasteiger partial charge on any atom is -0.357 e. The first-order valence-electron chi connectivity index (χ1n) is 7.50. The van der Waals surface area contributed by atoms with Gasteiger partial charge in [-0.25, -0.2) is 4.98 Å². The van der Waals surface area contributed by atoms with Crippen LogP contribution >= 0.6 is 0 Å². The minimum absolute atomic E-state index is 0.0126. The van der Waals surface area contributed by atoms with Gasteiger partial charge in [0.25, 0.3) is 5.91 Å². The normalized spacial score (nSPS) is 17.9. The molecule has 7 nitrogen and oxygen atoms in total. The van der Waals surface area contributed by atoms with Crippen molar-refractivity contribution in [1.29, 1.82) is 0 Å². The molecule has 1 aromatic carbocycles. The molecule has 4 rings (SSSR count). The van der Waals surface area contributed by atoms with Crippen molar-refractivity contribution >= 4 is 28.6 Å². The van der Waals surface area contributed by atoms with Crippen LogP contribution in [0.3, 0.4) is 0 Å². The second-order valence-corrected chi connectivity index (χ2v) is 5.57. The van der Waals surface area contributed by atoms with Gasteiger partial charge in [-0.05, 0) is 18.6 Å². The molecule has 3 heterocycles. The molecule has 1 saturated heterocycles. The van der Waals surface area contributed by atoms with E-state index in [-0.39, 0.29) is 11.9 Å². The molecule has 1 fully saturated rings. The van der Waals surface area contributed by atoms with Crippen LogP contribution in [0.15, 0.2) is 42.7 Å². The summed E-state index contributed by atoms with van der Waals surface area (Å²) in [5.74, 6) is 1.31. The summed E-state index contributed by atoms with van der Waals surface area (Å²) in [6.45, 7) is 0.647. The molecule has 1 aliphatic rings. The summed E-state index contributed by atoms with van der Waals surface area (Å²) < 4.78 is 1.69. The number of carbonyl (C=O) groups excluding carboxylic acids is 1. The summed E-state index contributed by atoms with van der Waals surface area (Å²) in [6, 6.07) is 9.21. The first-order valence-corrected chi connectivity index (χ1v) is 7.50. The number of anilines is 2. The van der Waals surface area contributed by atoms with Gasteiger partial charge in [0.15, 0.2) is 5.82 Å². The van der Waals surface area contributed by atoms with Crippen LogP contribution in [0.1, 0.15) is 6.42 Å². The molecule has 0 saturated carbocycles. The van der Waals surface area contributed by atoms with Crippen LogP contribution in [0.5, 0.6) is 0 Å². The average molecular weight is 308 g/mol. The van der Waals surface area contributed by atoms with Gasteiger partial charge in [-0.3, -0.25) is 19.4 Å². The zero-order valence-electron chi connectivity index (χ0n) is 12.7. The molecule has 2 aromatic heterocycles. The maximum absolute atomic E-state index is 12.5. The molecular formula is C16H16N6O. The highest BCUT2D eigenvalue weighted by Gasteiger charge is 2.33. The Balaban J connectivity index is 1.53. The Bertz CT molecular complexity index is 874. The SMILES string of the molecule is Cn1ccc(N2CCC(Nc3cnc4ccccc4n3)C2=O)n1. The lowest BCUT2D eigenvalue weighted by Gasteiger charge is -2.15. The first-order chi connectivity index (χ1) is 11.2. The number of para-hydroxylation sites is 2. The number of nitrogens with zero attached hydrogens (tertiary/aromatic N) is 5. The fourth-order valence-corrected chi connectivity index (χ4v) is 2.79. The van der Waals surface area contributed by atoms with Gasteiger partial charge in [-0.15, -0.1) is 0 Å². The largest absolute Gasteiger partial charge is 0.357 e. The molecule has 116 valence electrons. The van der Waals surface area contributed by atoms with Crippen molar-refractivity contribution in [3.63, 3.8) is 0 Å².